The number of rotatable bonds is 18. The first-order chi connectivity index (χ1) is 12.1. The van der Waals surface area contributed by atoms with Crippen LogP contribution in [0.5, 0.6) is 0 Å². The van der Waals surface area contributed by atoms with Gasteiger partial charge in [0, 0.05) is 19.8 Å². The molecule has 25 heavy (non-hydrogen) atoms. The SMILES string of the molecule is C=CC(CCCC)(CCCCCCCC)C(OCC)(OCC)OCC. The highest BCUT2D eigenvalue weighted by atomic mass is 16.9. The van der Waals surface area contributed by atoms with E-state index >= 15 is 0 Å². The first-order valence-electron chi connectivity index (χ1n) is 10.7. The van der Waals surface area contributed by atoms with Gasteiger partial charge in [0.05, 0.1) is 5.41 Å². The molecule has 3 nitrogen and oxygen atoms in total. The van der Waals surface area contributed by atoms with Gasteiger partial charge in [0.2, 0.25) is 0 Å². The number of ether oxygens (including phenoxy) is 3. The Balaban J connectivity index is 5.29. The van der Waals surface area contributed by atoms with E-state index in [1.54, 1.807) is 0 Å². The average Bonchev–Trinajstić information content (AvgIpc) is 2.61. The van der Waals surface area contributed by atoms with Gasteiger partial charge in [-0.3, -0.25) is 0 Å². The van der Waals surface area contributed by atoms with Crippen molar-refractivity contribution < 1.29 is 14.2 Å². The van der Waals surface area contributed by atoms with Crippen LogP contribution in [0.1, 0.15) is 98.8 Å². The molecule has 0 saturated carbocycles. The van der Waals surface area contributed by atoms with Crippen LogP contribution >= 0.6 is 0 Å². The molecule has 0 spiro atoms. The molecule has 0 saturated heterocycles. The van der Waals surface area contributed by atoms with Crippen molar-refractivity contribution in [3.63, 3.8) is 0 Å². The van der Waals surface area contributed by atoms with Gasteiger partial charge >= 0.3 is 0 Å². The van der Waals surface area contributed by atoms with Crippen LogP contribution in [0, 0.1) is 5.41 Å². The van der Waals surface area contributed by atoms with Gasteiger partial charge in [0.15, 0.2) is 0 Å². The van der Waals surface area contributed by atoms with E-state index in [0.717, 1.165) is 32.1 Å². The zero-order valence-corrected chi connectivity index (χ0v) is 17.7. The van der Waals surface area contributed by atoms with Gasteiger partial charge in [-0.15, -0.1) is 6.58 Å². The Bertz CT molecular complexity index is 299. The van der Waals surface area contributed by atoms with Gasteiger partial charge in [-0.1, -0.05) is 71.3 Å². The van der Waals surface area contributed by atoms with Crippen LogP contribution < -0.4 is 0 Å². The molecule has 0 aliphatic heterocycles. The van der Waals surface area contributed by atoms with Crippen molar-refractivity contribution in [2.45, 2.75) is 105 Å². The summed E-state index contributed by atoms with van der Waals surface area (Å²) in [6.45, 7) is 16.4. The van der Waals surface area contributed by atoms with Crippen LogP contribution in [0.4, 0.5) is 0 Å². The lowest BCUT2D eigenvalue weighted by Crippen LogP contribution is -2.54. The van der Waals surface area contributed by atoms with Gasteiger partial charge in [-0.05, 0) is 33.6 Å². The summed E-state index contributed by atoms with van der Waals surface area (Å²) in [5, 5.41) is 0. The van der Waals surface area contributed by atoms with E-state index < -0.39 is 5.97 Å². The maximum Gasteiger partial charge on any atom is 0.292 e. The highest BCUT2D eigenvalue weighted by molar-refractivity contribution is 5.02. The van der Waals surface area contributed by atoms with Crippen molar-refractivity contribution in [1.82, 2.24) is 0 Å². The molecule has 150 valence electrons. The summed E-state index contributed by atoms with van der Waals surface area (Å²) in [5.41, 5.74) is -0.296. The second-order valence-electron chi connectivity index (χ2n) is 6.84. The van der Waals surface area contributed by atoms with Crippen molar-refractivity contribution in [2.24, 2.45) is 5.41 Å². The van der Waals surface area contributed by atoms with E-state index in [1.165, 1.54) is 32.1 Å². The predicted molar refractivity (Wildman–Crippen MR) is 108 cm³/mol. The fourth-order valence-corrected chi connectivity index (χ4v) is 3.60. The third-order valence-corrected chi connectivity index (χ3v) is 4.96. The van der Waals surface area contributed by atoms with E-state index in [-0.39, 0.29) is 5.41 Å². The molecule has 0 heterocycles. The largest absolute Gasteiger partial charge is 0.327 e. The van der Waals surface area contributed by atoms with Crippen molar-refractivity contribution in [2.75, 3.05) is 19.8 Å². The van der Waals surface area contributed by atoms with E-state index in [4.69, 9.17) is 14.2 Å². The molecule has 0 rings (SSSR count). The minimum atomic E-state index is -1.01. The summed E-state index contributed by atoms with van der Waals surface area (Å²) in [6, 6.07) is 0. The van der Waals surface area contributed by atoms with Crippen molar-refractivity contribution in [1.29, 1.82) is 0 Å². The Morgan fingerprint density at radius 2 is 1.08 bits per heavy atom. The summed E-state index contributed by atoms with van der Waals surface area (Å²) < 4.78 is 18.4. The highest BCUT2D eigenvalue weighted by Gasteiger charge is 2.52. The van der Waals surface area contributed by atoms with Gasteiger partial charge < -0.3 is 14.2 Å². The topological polar surface area (TPSA) is 27.7 Å². The molecular formula is C22H44O3. The minimum Gasteiger partial charge on any atom is -0.327 e. The van der Waals surface area contributed by atoms with Crippen LogP contribution in [0.3, 0.4) is 0 Å². The van der Waals surface area contributed by atoms with Gasteiger partial charge in [-0.25, -0.2) is 0 Å². The molecule has 0 aromatic carbocycles. The van der Waals surface area contributed by atoms with Crippen molar-refractivity contribution in [3.05, 3.63) is 12.7 Å². The molecule has 0 aliphatic rings. The molecular weight excluding hydrogens is 312 g/mol. The van der Waals surface area contributed by atoms with Gasteiger partial charge in [-0.2, -0.15) is 0 Å². The first-order valence-corrected chi connectivity index (χ1v) is 10.7. The molecule has 0 N–H and O–H groups in total. The van der Waals surface area contributed by atoms with E-state index in [9.17, 15) is 0 Å². The maximum absolute atomic E-state index is 6.14. The predicted octanol–water partition coefficient (Wildman–Crippen LogP) is 6.86. The molecule has 0 amide bonds. The van der Waals surface area contributed by atoms with Crippen LogP contribution in [-0.4, -0.2) is 25.8 Å². The lowest BCUT2D eigenvalue weighted by molar-refractivity contribution is -0.421. The lowest BCUT2D eigenvalue weighted by atomic mass is 9.75. The Morgan fingerprint density at radius 3 is 1.52 bits per heavy atom. The molecule has 0 aromatic heterocycles. The Hall–Kier alpha value is -0.380. The van der Waals surface area contributed by atoms with Gasteiger partial charge in [0.25, 0.3) is 5.97 Å². The molecule has 0 radical (unpaired) electrons. The summed E-state index contributed by atoms with van der Waals surface area (Å²) in [7, 11) is 0. The lowest BCUT2D eigenvalue weighted by Gasteiger charge is -2.47. The fourth-order valence-electron chi connectivity index (χ4n) is 3.60. The Kier molecular flexibility index (Phi) is 14.5. The molecule has 0 fully saturated rings. The van der Waals surface area contributed by atoms with E-state index in [2.05, 4.69) is 26.5 Å². The Labute approximate surface area is 157 Å². The molecule has 0 aromatic rings. The average molecular weight is 357 g/mol. The first kappa shape index (κ1) is 24.6. The van der Waals surface area contributed by atoms with Crippen LogP contribution in [-0.2, 0) is 14.2 Å². The molecule has 0 bridgehead atoms. The standard InChI is InChI=1S/C22H44O3/c1-7-13-15-16-17-18-20-21(9-3,19-14-8-2)22(23-10-4,24-11-5)25-12-6/h9H,3,7-8,10-20H2,1-2,4-6H3. The quantitative estimate of drug-likeness (QED) is 0.152. The van der Waals surface area contributed by atoms with Crippen LogP contribution in [0.2, 0.25) is 0 Å². The van der Waals surface area contributed by atoms with E-state index in [1.807, 2.05) is 20.8 Å². The summed E-state index contributed by atoms with van der Waals surface area (Å²) >= 11 is 0. The normalized spacial score (nSPS) is 14.4. The number of unbranched alkanes of at least 4 members (excludes halogenated alkanes) is 6. The highest BCUT2D eigenvalue weighted by Crippen LogP contribution is 2.46. The molecule has 0 aliphatic carbocycles. The van der Waals surface area contributed by atoms with Crippen LogP contribution in [0.25, 0.3) is 0 Å². The monoisotopic (exact) mass is 356 g/mol. The molecule has 1 unspecified atom stereocenters. The van der Waals surface area contributed by atoms with Crippen molar-refractivity contribution >= 4 is 0 Å². The maximum atomic E-state index is 6.14. The minimum absolute atomic E-state index is 0.296. The number of hydrogen-bond donors (Lipinski definition) is 0. The third kappa shape index (κ3) is 7.80. The van der Waals surface area contributed by atoms with E-state index in [0.29, 0.717) is 19.8 Å². The summed E-state index contributed by atoms with van der Waals surface area (Å²) in [6.07, 6.45) is 14.0. The van der Waals surface area contributed by atoms with Crippen LogP contribution in [0.15, 0.2) is 12.7 Å². The second-order valence-corrected chi connectivity index (χ2v) is 6.84. The van der Waals surface area contributed by atoms with Crippen molar-refractivity contribution in [3.8, 4) is 0 Å². The smallest absolute Gasteiger partial charge is 0.292 e. The molecule has 3 heteroatoms. The zero-order valence-electron chi connectivity index (χ0n) is 17.7. The van der Waals surface area contributed by atoms with Gasteiger partial charge in [0.1, 0.15) is 0 Å². The zero-order chi connectivity index (χ0) is 19.0. The third-order valence-electron chi connectivity index (χ3n) is 4.96. The number of hydrogen-bond acceptors (Lipinski definition) is 3. The summed E-state index contributed by atoms with van der Waals surface area (Å²) in [5.74, 6) is -1.01. The fraction of sp³-hybridized carbons (Fsp3) is 0.909. The second kappa shape index (κ2) is 14.8. The summed E-state index contributed by atoms with van der Waals surface area (Å²) in [4.78, 5) is 0. The molecule has 1 atom stereocenters. The Morgan fingerprint density at radius 1 is 0.640 bits per heavy atom.